The highest BCUT2D eigenvalue weighted by Gasteiger charge is 2.62. The Labute approximate surface area is 354 Å². The zero-order chi connectivity index (χ0) is 42.3. The number of hydrogen-bond acceptors (Lipinski definition) is 11. The second-order valence-electron chi connectivity index (χ2n) is 17.0. The Hall–Kier alpha value is -5.64. The number of pyridine rings is 1. The number of carbonyl (C=O) groups is 4. The molecule has 0 unspecified atom stereocenters. The van der Waals surface area contributed by atoms with Crippen LogP contribution >= 0.6 is 0 Å². The van der Waals surface area contributed by atoms with Gasteiger partial charge in [-0.15, -0.1) is 0 Å². The predicted octanol–water partition coefficient (Wildman–Crippen LogP) is 6.05. The first-order valence-electron chi connectivity index (χ1n) is 21.5. The number of sulfonamides is 1. The number of nitrogens with zero attached hydrogens (tertiary/aromatic N) is 2. The monoisotopic (exact) mass is 853 g/mol. The molecular formula is C45H51N5O10S. The van der Waals surface area contributed by atoms with E-state index in [0.29, 0.717) is 71.4 Å². The molecule has 16 heteroatoms. The number of methoxy groups -OCH3 is 1. The minimum atomic E-state index is -3.92. The van der Waals surface area contributed by atoms with Gasteiger partial charge in [-0.3, -0.25) is 19.1 Å². The van der Waals surface area contributed by atoms with Crippen molar-refractivity contribution < 1.29 is 46.2 Å². The number of nitrogens with one attached hydrogen (secondary N) is 3. The fourth-order valence-corrected chi connectivity index (χ4v) is 10.4. The van der Waals surface area contributed by atoms with E-state index in [0.717, 1.165) is 44.1 Å². The summed E-state index contributed by atoms with van der Waals surface area (Å²) in [5.74, 6) is -1.37. The highest BCUT2D eigenvalue weighted by Crippen LogP contribution is 2.46. The summed E-state index contributed by atoms with van der Waals surface area (Å²) in [7, 11) is -2.33. The van der Waals surface area contributed by atoms with Crippen molar-refractivity contribution in [2.24, 2.45) is 5.92 Å². The quantitative estimate of drug-likeness (QED) is 0.166. The summed E-state index contributed by atoms with van der Waals surface area (Å²) < 4.78 is 52.5. The highest BCUT2D eigenvalue weighted by molar-refractivity contribution is 7.91. The van der Waals surface area contributed by atoms with Gasteiger partial charge in [-0.05, 0) is 82.4 Å². The minimum absolute atomic E-state index is 0.0218. The molecule has 4 aromatic rings. The summed E-state index contributed by atoms with van der Waals surface area (Å²) in [6, 6.07) is 14.7. The Balaban J connectivity index is 1.06. The standard InChI is InChI=1S/C45H51N5O10S/c1-57-30-18-21-37-33(22-30)39-40(60-37)38(24-35(46-39)27-12-6-5-7-13-27)58-31-23-36-41(51)48-45(43(53)49-61(55,56)32-19-20-32)25-28(45)14-8-3-2-4-9-17-34(42(52)50(36)26-31)47-44(54)59-29-15-10-11-16-29/h5-8,12-14,18,21-22,24,28-29,31-32,34,36H,2-4,9-11,15-17,19-20,23,25-26H2,1H3,(H,47,54)(H,48,51)(H,49,53)/t28-,31-,34+,36+,45-/m1/s1. The molecule has 1 saturated heterocycles. The van der Waals surface area contributed by atoms with Crippen LogP contribution in [0, 0.1) is 5.92 Å². The molecular weight excluding hydrogens is 803 g/mol. The van der Waals surface area contributed by atoms with Crippen molar-refractivity contribution in [1.82, 2.24) is 25.2 Å². The first-order valence-corrected chi connectivity index (χ1v) is 23.0. The van der Waals surface area contributed by atoms with Gasteiger partial charge in [0, 0.05) is 24.0 Å². The lowest BCUT2D eigenvalue weighted by atomic mass is 10.0. The van der Waals surface area contributed by atoms with Gasteiger partial charge in [-0.1, -0.05) is 55.3 Å². The molecule has 15 nitrogen and oxygen atoms in total. The van der Waals surface area contributed by atoms with Gasteiger partial charge in [0.25, 0.3) is 5.91 Å². The van der Waals surface area contributed by atoms with Crippen LogP contribution in [0.25, 0.3) is 33.3 Å². The molecule has 0 radical (unpaired) electrons. The van der Waals surface area contributed by atoms with Crippen LogP contribution in [0.15, 0.2) is 71.2 Å². The van der Waals surface area contributed by atoms with Gasteiger partial charge in [-0.25, -0.2) is 18.2 Å². The lowest BCUT2D eigenvalue weighted by Crippen LogP contribution is -2.58. The Kier molecular flexibility index (Phi) is 11.1. The third kappa shape index (κ3) is 8.51. The topological polar surface area (TPSA) is 195 Å². The van der Waals surface area contributed by atoms with Crippen LogP contribution in [0.1, 0.15) is 83.5 Å². The minimum Gasteiger partial charge on any atom is -0.497 e. The number of hydrogen-bond donors (Lipinski definition) is 3. The van der Waals surface area contributed by atoms with Crippen molar-refractivity contribution >= 4 is 55.9 Å². The van der Waals surface area contributed by atoms with E-state index < -0.39 is 68.7 Å². The van der Waals surface area contributed by atoms with Gasteiger partial charge in [0.15, 0.2) is 11.3 Å². The first kappa shape index (κ1) is 40.7. The fraction of sp³-hybridized carbons (Fsp3) is 0.489. The van der Waals surface area contributed by atoms with Gasteiger partial charge < -0.3 is 34.2 Å². The normalized spacial score (nSPS) is 26.1. The molecule has 2 aliphatic heterocycles. The van der Waals surface area contributed by atoms with Crippen LogP contribution in [-0.4, -0.2) is 90.9 Å². The number of rotatable bonds is 9. The number of alkyl carbamates (subject to hydrolysis) is 1. The van der Waals surface area contributed by atoms with E-state index in [1.165, 1.54) is 4.90 Å². The molecule has 2 aromatic carbocycles. The number of carbonyl (C=O) groups excluding carboxylic acids is 4. The average Bonchev–Trinajstić information content (AvgIpc) is 4.07. The van der Waals surface area contributed by atoms with E-state index in [9.17, 15) is 27.6 Å². The molecule has 5 aliphatic rings. The molecule has 3 aliphatic carbocycles. The van der Waals surface area contributed by atoms with Crippen molar-refractivity contribution in [3.8, 4) is 22.8 Å². The third-order valence-electron chi connectivity index (χ3n) is 12.7. The van der Waals surface area contributed by atoms with Gasteiger partial charge in [0.05, 0.1) is 30.0 Å². The van der Waals surface area contributed by atoms with Crippen LogP contribution in [0.3, 0.4) is 0 Å². The number of aromatic nitrogens is 1. The van der Waals surface area contributed by atoms with Gasteiger partial charge in [0.2, 0.25) is 21.8 Å². The van der Waals surface area contributed by atoms with Crippen molar-refractivity contribution in [2.45, 2.75) is 119 Å². The van der Waals surface area contributed by atoms with Crippen LogP contribution in [0.5, 0.6) is 11.5 Å². The Bertz CT molecular complexity index is 2480. The Morgan fingerprint density at radius 1 is 0.951 bits per heavy atom. The molecule has 0 bridgehead atoms. The molecule has 2 aromatic heterocycles. The number of allylic oxidation sites excluding steroid dienone is 1. The van der Waals surface area contributed by atoms with Crippen LogP contribution in [-0.2, 0) is 29.1 Å². The van der Waals surface area contributed by atoms with Gasteiger partial charge in [-0.2, -0.15) is 0 Å². The van der Waals surface area contributed by atoms with E-state index in [1.807, 2.05) is 48.6 Å². The molecule has 3 N–H and O–H groups in total. The summed E-state index contributed by atoms with van der Waals surface area (Å²) in [5, 5.41) is 5.83. The summed E-state index contributed by atoms with van der Waals surface area (Å²) in [6.45, 7) is -0.0378. The Morgan fingerprint density at radius 3 is 2.51 bits per heavy atom. The largest absolute Gasteiger partial charge is 0.497 e. The van der Waals surface area contributed by atoms with E-state index in [-0.39, 0.29) is 25.5 Å². The summed E-state index contributed by atoms with van der Waals surface area (Å²) in [6.07, 6.45) is 9.99. The SMILES string of the molecule is COc1ccc2oc3c(O[C@@H]4C[C@H]5C(=O)N[C@]6(C(=O)NS(=O)(=O)C7CC7)C[C@H]6C=CCCCCC[C@H](NC(=O)OC6CCCC6)C(=O)N5C4)cc(-c4ccccc4)nc3c2c1. The van der Waals surface area contributed by atoms with E-state index >= 15 is 0 Å². The molecule has 4 fully saturated rings. The molecule has 61 heavy (non-hydrogen) atoms. The maximum Gasteiger partial charge on any atom is 0.408 e. The lowest BCUT2D eigenvalue weighted by molar-refractivity contribution is -0.141. The van der Waals surface area contributed by atoms with Crippen molar-refractivity contribution in [2.75, 3.05) is 13.7 Å². The number of amides is 4. The molecule has 0 spiro atoms. The smallest absolute Gasteiger partial charge is 0.408 e. The molecule has 3 saturated carbocycles. The maximum atomic E-state index is 14.8. The fourth-order valence-electron chi connectivity index (χ4n) is 9.02. The summed E-state index contributed by atoms with van der Waals surface area (Å²) >= 11 is 0. The number of benzene rings is 2. The molecule has 4 heterocycles. The number of fused-ring (bicyclic) bond motifs is 5. The zero-order valence-corrected chi connectivity index (χ0v) is 34.9. The van der Waals surface area contributed by atoms with Gasteiger partial charge >= 0.3 is 6.09 Å². The van der Waals surface area contributed by atoms with Crippen molar-refractivity contribution in [3.05, 3.63) is 66.7 Å². The second kappa shape index (κ2) is 16.7. The van der Waals surface area contributed by atoms with Crippen molar-refractivity contribution in [1.29, 1.82) is 0 Å². The molecule has 5 atom stereocenters. The first-order chi connectivity index (χ1) is 29.5. The maximum absolute atomic E-state index is 14.8. The zero-order valence-electron chi connectivity index (χ0n) is 34.1. The van der Waals surface area contributed by atoms with E-state index in [4.69, 9.17) is 23.6 Å². The highest BCUT2D eigenvalue weighted by atomic mass is 32.2. The van der Waals surface area contributed by atoms with E-state index in [1.54, 1.807) is 25.3 Å². The van der Waals surface area contributed by atoms with Gasteiger partial charge in [0.1, 0.15) is 46.7 Å². The predicted molar refractivity (Wildman–Crippen MR) is 225 cm³/mol. The average molecular weight is 854 g/mol. The molecule has 9 rings (SSSR count). The number of furan rings is 1. The molecule has 4 amide bonds. The summed E-state index contributed by atoms with van der Waals surface area (Å²) in [5.41, 5.74) is 1.40. The van der Waals surface area contributed by atoms with E-state index in [2.05, 4.69) is 15.4 Å². The van der Waals surface area contributed by atoms with Crippen LogP contribution < -0.4 is 24.8 Å². The second-order valence-corrected chi connectivity index (χ2v) is 19.0. The number of ether oxygens (including phenoxy) is 3. The van der Waals surface area contributed by atoms with Crippen molar-refractivity contribution in [3.63, 3.8) is 0 Å². The summed E-state index contributed by atoms with van der Waals surface area (Å²) in [4.78, 5) is 63.0. The molecule has 322 valence electrons. The Morgan fingerprint density at radius 2 is 1.74 bits per heavy atom. The third-order valence-corrected chi connectivity index (χ3v) is 14.5. The lowest BCUT2D eigenvalue weighted by Gasteiger charge is -2.30. The van der Waals surface area contributed by atoms with Crippen LogP contribution in [0.2, 0.25) is 0 Å². The van der Waals surface area contributed by atoms with Crippen LogP contribution in [0.4, 0.5) is 4.79 Å².